The summed E-state index contributed by atoms with van der Waals surface area (Å²) in [6.07, 6.45) is 3.58. The number of carbonyl (C=O) groups is 3. The molecule has 0 saturated carbocycles. The lowest BCUT2D eigenvalue weighted by Crippen LogP contribution is -2.59. The number of pyridine rings is 1. The number of allylic oxidation sites excluding steroid dienone is 1. The number of nitrogens with one attached hydrogen (secondary N) is 1. The van der Waals surface area contributed by atoms with Crippen LogP contribution < -0.4 is 19.5 Å². The number of ketones is 2. The number of amides is 1. The van der Waals surface area contributed by atoms with E-state index in [0.717, 1.165) is 5.56 Å². The molecule has 8 nitrogen and oxygen atoms in total. The Hall–Kier alpha value is -3.39. The van der Waals surface area contributed by atoms with Crippen LogP contribution >= 0.6 is 11.6 Å². The van der Waals surface area contributed by atoms with Crippen LogP contribution in [0.5, 0.6) is 17.2 Å². The zero-order chi connectivity index (χ0) is 23.5. The zero-order valence-corrected chi connectivity index (χ0v) is 19.0. The lowest BCUT2D eigenvalue weighted by Gasteiger charge is -2.41. The minimum atomic E-state index is -1.81. The predicted molar refractivity (Wildman–Crippen MR) is 118 cm³/mol. The summed E-state index contributed by atoms with van der Waals surface area (Å²) in [4.78, 5) is 44.5. The van der Waals surface area contributed by atoms with Crippen LogP contribution in [0, 0.1) is 5.92 Å². The number of carbonyl (C=O) groups excluding carboxylic acids is 3. The average Bonchev–Trinajstić information content (AvgIpc) is 3.13. The SMILES string of the molecule is COc1cc(OC)c2c(c1Cl)O[C@@]1(C(=O)C3=C(C[C@H]1C)NC(=O)C[C@@H]3c1ccncc1)C2=O. The fourth-order valence-corrected chi connectivity index (χ4v) is 5.33. The van der Waals surface area contributed by atoms with Gasteiger partial charge in [-0.2, -0.15) is 0 Å². The van der Waals surface area contributed by atoms with Gasteiger partial charge in [0.1, 0.15) is 22.1 Å². The molecule has 1 N–H and O–H groups in total. The van der Waals surface area contributed by atoms with Gasteiger partial charge >= 0.3 is 0 Å². The molecule has 3 heterocycles. The average molecular weight is 469 g/mol. The molecule has 1 aromatic carbocycles. The van der Waals surface area contributed by atoms with Crippen molar-refractivity contribution in [3.63, 3.8) is 0 Å². The van der Waals surface area contributed by atoms with Crippen molar-refractivity contribution in [3.05, 3.63) is 58.0 Å². The first-order chi connectivity index (χ1) is 15.8. The molecule has 3 atom stereocenters. The maximum atomic E-state index is 14.1. The number of ether oxygens (including phenoxy) is 3. The predicted octanol–water partition coefficient (Wildman–Crippen LogP) is 3.23. The Bertz CT molecular complexity index is 1240. The number of rotatable bonds is 3. The molecule has 0 fully saturated rings. The lowest BCUT2D eigenvalue weighted by molar-refractivity contribution is -0.131. The van der Waals surface area contributed by atoms with Gasteiger partial charge in [0.15, 0.2) is 5.75 Å². The highest BCUT2D eigenvalue weighted by Gasteiger charge is 2.63. The summed E-state index contributed by atoms with van der Waals surface area (Å²) in [6, 6.07) is 5.04. The van der Waals surface area contributed by atoms with E-state index in [2.05, 4.69) is 10.3 Å². The van der Waals surface area contributed by atoms with Crippen LogP contribution in [0.25, 0.3) is 0 Å². The summed E-state index contributed by atoms with van der Waals surface area (Å²) in [7, 11) is 2.86. The molecule has 0 bridgehead atoms. The number of halogens is 1. The largest absolute Gasteiger partial charge is 0.496 e. The van der Waals surface area contributed by atoms with E-state index < -0.39 is 29.0 Å². The smallest absolute Gasteiger partial charge is 0.236 e. The minimum absolute atomic E-state index is 0.0717. The topological polar surface area (TPSA) is 104 Å². The fourth-order valence-electron chi connectivity index (χ4n) is 5.07. The molecule has 1 spiro atoms. The minimum Gasteiger partial charge on any atom is -0.496 e. The first-order valence-electron chi connectivity index (χ1n) is 10.5. The molecule has 3 aliphatic rings. The normalized spacial score (nSPS) is 26.0. The van der Waals surface area contributed by atoms with E-state index in [-0.39, 0.29) is 46.6 Å². The van der Waals surface area contributed by atoms with Crippen molar-refractivity contribution < 1.29 is 28.6 Å². The van der Waals surface area contributed by atoms with E-state index in [4.69, 9.17) is 25.8 Å². The highest BCUT2D eigenvalue weighted by Crippen LogP contribution is 2.55. The van der Waals surface area contributed by atoms with Gasteiger partial charge in [-0.05, 0) is 24.1 Å². The van der Waals surface area contributed by atoms with Crippen LogP contribution in [-0.2, 0) is 9.59 Å². The quantitative estimate of drug-likeness (QED) is 0.689. The third-order valence-corrected chi connectivity index (χ3v) is 7.02. The molecule has 0 unspecified atom stereocenters. The molecular formula is C24H21ClN2O6. The second-order valence-corrected chi connectivity index (χ2v) is 8.76. The number of nitrogens with zero attached hydrogens (tertiary/aromatic N) is 1. The molecule has 1 aliphatic carbocycles. The zero-order valence-electron chi connectivity index (χ0n) is 18.2. The Labute approximate surface area is 194 Å². The monoisotopic (exact) mass is 468 g/mol. The first kappa shape index (κ1) is 21.5. The summed E-state index contributed by atoms with van der Waals surface area (Å²) in [5, 5.41) is 2.94. The van der Waals surface area contributed by atoms with Crippen molar-refractivity contribution >= 4 is 29.1 Å². The van der Waals surface area contributed by atoms with E-state index in [1.807, 2.05) is 0 Å². The third kappa shape index (κ3) is 2.90. The van der Waals surface area contributed by atoms with Gasteiger partial charge in [0, 0.05) is 48.0 Å². The molecule has 2 aromatic rings. The van der Waals surface area contributed by atoms with E-state index >= 15 is 0 Å². The molecule has 5 rings (SSSR count). The molecule has 1 aromatic heterocycles. The molecule has 2 aliphatic heterocycles. The number of hydrogen-bond acceptors (Lipinski definition) is 7. The van der Waals surface area contributed by atoms with Crippen molar-refractivity contribution in [1.29, 1.82) is 0 Å². The Kier molecular flexibility index (Phi) is 4.93. The molecular weight excluding hydrogens is 448 g/mol. The van der Waals surface area contributed by atoms with Crippen LogP contribution in [0.4, 0.5) is 0 Å². The van der Waals surface area contributed by atoms with E-state index in [0.29, 0.717) is 11.3 Å². The number of hydrogen-bond donors (Lipinski definition) is 1. The summed E-state index contributed by atoms with van der Waals surface area (Å²) in [5.41, 5.74) is -0.0163. The van der Waals surface area contributed by atoms with Gasteiger partial charge in [-0.25, -0.2) is 0 Å². The summed E-state index contributed by atoms with van der Waals surface area (Å²) < 4.78 is 16.9. The third-order valence-electron chi connectivity index (χ3n) is 6.67. The highest BCUT2D eigenvalue weighted by molar-refractivity contribution is 6.36. The first-order valence-corrected chi connectivity index (χ1v) is 10.9. The Morgan fingerprint density at radius 3 is 2.45 bits per heavy atom. The Balaban J connectivity index is 1.68. The second kappa shape index (κ2) is 7.59. The lowest BCUT2D eigenvalue weighted by atomic mass is 9.66. The standard InChI is InChI=1S/C24H21ClN2O6/c1-11-8-14-18(13(9-17(28)27-14)12-4-6-26-7-5-12)22(29)24(11)23(30)19-15(31-2)10-16(32-3)20(25)21(19)33-24/h4-7,10-11,13H,8-9H2,1-3H3,(H,27,28)/t11-,13-,24+/m1/s1. The van der Waals surface area contributed by atoms with Crippen molar-refractivity contribution in [1.82, 2.24) is 10.3 Å². The number of benzene rings is 1. The van der Waals surface area contributed by atoms with E-state index in [1.165, 1.54) is 20.3 Å². The van der Waals surface area contributed by atoms with Crippen LogP contribution in [0.3, 0.4) is 0 Å². The van der Waals surface area contributed by atoms with Gasteiger partial charge in [-0.3, -0.25) is 19.4 Å². The molecule has 0 saturated heterocycles. The number of Topliss-reactive ketones (excluding diaryl/α,β-unsaturated/α-hetero) is 2. The molecule has 33 heavy (non-hydrogen) atoms. The van der Waals surface area contributed by atoms with Crippen LogP contribution in [-0.4, -0.2) is 42.3 Å². The van der Waals surface area contributed by atoms with Gasteiger partial charge in [0.25, 0.3) is 0 Å². The van der Waals surface area contributed by atoms with Gasteiger partial charge in [0.2, 0.25) is 23.1 Å². The summed E-state index contributed by atoms with van der Waals surface area (Å²) >= 11 is 6.48. The fraction of sp³-hybridized carbons (Fsp3) is 0.333. The van der Waals surface area contributed by atoms with Gasteiger partial charge < -0.3 is 19.5 Å². The second-order valence-electron chi connectivity index (χ2n) is 8.38. The van der Waals surface area contributed by atoms with Gasteiger partial charge in [-0.1, -0.05) is 18.5 Å². The number of fused-ring (bicyclic) bond motifs is 1. The van der Waals surface area contributed by atoms with Crippen molar-refractivity contribution in [2.75, 3.05) is 14.2 Å². The van der Waals surface area contributed by atoms with Crippen LogP contribution in [0.15, 0.2) is 41.9 Å². The van der Waals surface area contributed by atoms with Gasteiger partial charge in [0.05, 0.1) is 14.2 Å². The summed E-state index contributed by atoms with van der Waals surface area (Å²) in [6.45, 7) is 1.76. The Morgan fingerprint density at radius 1 is 1.09 bits per heavy atom. The molecule has 170 valence electrons. The molecule has 0 radical (unpaired) electrons. The van der Waals surface area contributed by atoms with Crippen molar-refractivity contribution in [2.24, 2.45) is 5.92 Å². The molecule has 1 amide bonds. The summed E-state index contributed by atoms with van der Waals surface area (Å²) in [5.74, 6) is -1.68. The number of aromatic nitrogens is 1. The van der Waals surface area contributed by atoms with Crippen LogP contribution in [0.2, 0.25) is 5.02 Å². The van der Waals surface area contributed by atoms with Crippen LogP contribution in [0.1, 0.15) is 41.6 Å². The van der Waals surface area contributed by atoms with Gasteiger partial charge in [-0.15, -0.1) is 0 Å². The van der Waals surface area contributed by atoms with E-state index in [9.17, 15) is 14.4 Å². The van der Waals surface area contributed by atoms with Crippen molar-refractivity contribution in [2.45, 2.75) is 31.3 Å². The highest BCUT2D eigenvalue weighted by atomic mass is 35.5. The van der Waals surface area contributed by atoms with E-state index in [1.54, 1.807) is 31.5 Å². The Morgan fingerprint density at radius 2 is 1.79 bits per heavy atom. The molecule has 9 heteroatoms. The maximum Gasteiger partial charge on any atom is 0.236 e. The maximum absolute atomic E-state index is 14.1. The number of methoxy groups -OCH3 is 2. The van der Waals surface area contributed by atoms with Crippen molar-refractivity contribution in [3.8, 4) is 17.2 Å².